The summed E-state index contributed by atoms with van der Waals surface area (Å²) in [5.41, 5.74) is 12.9. The third kappa shape index (κ3) is 2.91. The van der Waals surface area contributed by atoms with Gasteiger partial charge in [-0.15, -0.1) is 0 Å². The van der Waals surface area contributed by atoms with Gasteiger partial charge in [-0.05, 0) is 35.7 Å². The maximum atomic E-state index is 11.2. The Balaban J connectivity index is 2.26. The monoisotopic (exact) mass is 270 g/mol. The summed E-state index contributed by atoms with van der Waals surface area (Å²) >= 11 is 0. The maximum absolute atomic E-state index is 11.2. The van der Waals surface area contributed by atoms with Gasteiger partial charge in [0.25, 0.3) is 5.91 Å². The van der Waals surface area contributed by atoms with E-state index in [1.807, 2.05) is 24.3 Å². The minimum Gasteiger partial charge on any atom is -0.455 e. The van der Waals surface area contributed by atoms with Crippen LogP contribution in [0.3, 0.4) is 0 Å². The smallest absolute Gasteiger partial charge is 0.250 e. The number of carbonyl (C=O) groups is 1. The van der Waals surface area contributed by atoms with Crippen molar-refractivity contribution in [2.45, 2.75) is 19.8 Å². The van der Waals surface area contributed by atoms with Gasteiger partial charge < -0.3 is 16.2 Å². The number of nitrogen functional groups attached to an aromatic ring is 1. The van der Waals surface area contributed by atoms with E-state index in [4.69, 9.17) is 16.2 Å². The molecule has 0 fully saturated rings. The molecule has 0 unspecified atom stereocenters. The first-order valence-electron chi connectivity index (χ1n) is 6.45. The van der Waals surface area contributed by atoms with Gasteiger partial charge in [0.15, 0.2) is 5.75 Å². The summed E-state index contributed by atoms with van der Waals surface area (Å²) in [6, 6.07) is 12.7. The second-order valence-electron chi connectivity index (χ2n) is 4.91. The summed E-state index contributed by atoms with van der Waals surface area (Å²) in [5.74, 6) is 0.997. The molecule has 20 heavy (non-hydrogen) atoms. The molecule has 0 spiro atoms. The van der Waals surface area contributed by atoms with Gasteiger partial charge in [0.2, 0.25) is 0 Å². The number of ether oxygens (including phenoxy) is 1. The van der Waals surface area contributed by atoms with Crippen molar-refractivity contribution in [1.29, 1.82) is 0 Å². The molecular formula is C16H18N2O2. The molecule has 0 aromatic heterocycles. The Kier molecular flexibility index (Phi) is 3.94. The fourth-order valence-corrected chi connectivity index (χ4v) is 1.90. The molecule has 2 rings (SSSR count). The average Bonchev–Trinajstić information content (AvgIpc) is 2.41. The normalized spacial score (nSPS) is 10.6. The fourth-order valence-electron chi connectivity index (χ4n) is 1.90. The molecule has 4 heteroatoms. The first kappa shape index (κ1) is 13.9. The van der Waals surface area contributed by atoms with Crippen LogP contribution in [0.25, 0.3) is 0 Å². The van der Waals surface area contributed by atoms with E-state index in [0.29, 0.717) is 17.4 Å². The van der Waals surface area contributed by atoms with Crippen LogP contribution < -0.4 is 16.2 Å². The molecule has 0 aliphatic rings. The highest BCUT2D eigenvalue weighted by molar-refractivity contribution is 5.99. The van der Waals surface area contributed by atoms with Crippen molar-refractivity contribution >= 4 is 11.6 Å². The number of hydrogen-bond acceptors (Lipinski definition) is 3. The number of hydrogen-bond donors (Lipinski definition) is 2. The van der Waals surface area contributed by atoms with E-state index < -0.39 is 5.91 Å². The van der Waals surface area contributed by atoms with Crippen LogP contribution in [0.2, 0.25) is 0 Å². The first-order valence-corrected chi connectivity index (χ1v) is 6.45. The summed E-state index contributed by atoms with van der Waals surface area (Å²) in [6.07, 6.45) is 0. The van der Waals surface area contributed by atoms with Crippen LogP contribution >= 0.6 is 0 Å². The molecule has 0 heterocycles. The summed E-state index contributed by atoms with van der Waals surface area (Å²) in [4.78, 5) is 11.2. The third-order valence-electron chi connectivity index (χ3n) is 3.11. The van der Waals surface area contributed by atoms with E-state index in [0.717, 1.165) is 0 Å². The molecular weight excluding hydrogens is 252 g/mol. The Morgan fingerprint density at radius 1 is 1.10 bits per heavy atom. The standard InChI is InChI=1S/C16H18N2O2/c1-10(2)11-6-8-12(9-7-11)20-14-5-3-4-13(15(14)17)16(18)19/h3-10H,17H2,1-2H3,(H2,18,19). The van der Waals surface area contributed by atoms with E-state index in [2.05, 4.69) is 13.8 Å². The Morgan fingerprint density at radius 3 is 2.30 bits per heavy atom. The zero-order chi connectivity index (χ0) is 14.7. The topological polar surface area (TPSA) is 78.3 Å². The summed E-state index contributed by atoms with van der Waals surface area (Å²) in [7, 11) is 0. The van der Waals surface area contributed by atoms with Crippen LogP contribution in [0.5, 0.6) is 11.5 Å². The van der Waals surface area contributed by atoms with Crippen LogP contribution in [0.4, 0.5) is 5.69 Å². The van der Waals surface area contributed by atoms with Crippen LogP contribution in [0, 0.1) is 0 Å². The van der Waals surface area contributed by atoms with Gasteiger partial charge in [0, 0.05) is 0 Å². The number of primary amides is 1. The Hall–Kier alpha value is -2.49. The highest BCUT2D eigenvalue weighted by atomic mass is 16.5. The van der Waals surface area contributed by atoms with E-state index in [1.54, 1.807) is 18.2 Å². The second kappa shape index (κ2) is 5.65. The average molecular weight is 270 g/mol. The third-order valence-corrected chi connectivity index (χ3v) is 3.11. The maximum Gasteiger partial charge on any atom is 0.250 e. The zero-order valence-electron chi connectivity index (χ0n) is 11.6. The van der Waals surface area contributed by atoms with Crippen molar-refractivity contribution in [3.63, 3.8) is 0 Å². The van der Waals surface area contributed by atoms with Crippen molar-refractivity contribution < 1.29 is 9.53 Å². The molecule has 0 radical (unpaired) electrons. The number of para-hydroxylation sites is 1. The van der Waals surface area contributed by atoms with Crippen LogP contribution in [0.1, 0.15) is 35.7 Å². The van der Waals surface area contributed by atoms with Gasteiger partial charge in [-0.25, -0.2) is 0 Å². The number of amides is 1. The van der Waals surface area contributed by atoms with Crippen LogP contribution in [-0.4, -0.2) is 5.91 Å². The molecule has 0 saturated heterocycles. The van der Waals surface area contributed by atoms with E-state index in [-0.39, 0.29) is 11.3 Å². The molecule has 0 saturated carbocycles. The molecule has 0 aliphatic heterocycles. The Morgan fingerprint density at radius 2 is 1.75 bits per heavy atom. The van der Waals surface area contributed by atoms with Gasteiger partial charge in [-0.1, -0.05) is 32.0 Å². The summed E-state index contributed by atoms with van der Waals surface area (Å²) < 4.78 is 5.70. The quantitative estimate of drug-likeness (QED) is 0.837. The van der Waals surface area contributed by atoms with Crippen LogP contribution in [0.15, 0.2) is 42.5 Å². The first-order chi connectivity index (χ1) is 9.49. The number of carbonyl (C=O) groups excluding carboxylic acids is 1. The number of nitrogens with two attached hydrogens (primary N) is 2. The fraction of sp³-hybridized carbons (Fsp3) is 0.188. The predicted molar refractivity (Wildman–Crippen MR) is 80.0 cm³/mol. The van der Waals surface area contributed by atoms with Gasteiger partial charge in [-0.2, -0.15) is 0 Å². The summed E-state index contributed by atoms with van der Waals surface area (Å²) in [5, 5.41) is 0. The minimum atomic E-state index is -0.567. The number of rotatable bonds is 4. The lowest BCUT2D eigenvalue weighted by Gasteiger charge is -2.11. The lowest BCUT2D eigenvalue weighted by molar-refractivity contribution is 0.100. The van der Waals surface area contributed by atoms with E-state index in [9.17, 15) is 4.79 Å². The largest absolute Gasteiger partial charge is 0.455 e. The Labute approximate surface area is 118 Å². The van der Waals surface area contributed by atoms with Gasteiger partial charge >= 0.3 is 0 Å². The zero-order valence-corrected chi connectivity index (χ0v) is 11.6. The molecule has 0 bridgehead atoms. The highest BCUT2D eigenvalue weighted by Gasteiger charge is 2.11. The second-order valence-corrected chi connectivity index (χ2v) is 4.91. The van der Waals surface area contributed by atoms with Crippen molar-refractivity contribution in [3.8, 4) is 11.5 Å². The molecule has 4 nitrogen and oxygen atoms in total. The Bertz CT molecular complexity index is 619. The summed E-state index contributed by atoms with van der Waals surface area (Å²) in [6.45, 7) is 4.26. The number of benzene rings is 2. The van der Waals surface area contributed by atoms with Crippen molar-refractivity contribution in [2.75, 3.05) is 5.73 Å². The lowest BCUT2D eigenvalue weighted by atomic mass is 10.0. The van der Waals surface area contributed by atoms with E-state index in [1.165, 1.54) is 5.56 Å². The minimum absolute atomic E-state index is 0.257. The molecule has 2 aromatic rings. The van der Waals surface area contributed by atoms with Gasteiger partial charge in [-0.3, -0.25) is 4.79 Å². The SMILES string of the molecule is CC(C)c1ccc(Oc2cccc(C(N)=O)c2N)cc1. The van der Waals surface area contributed by atoms with Gasteiger partial charge in [0.05, 0.1) is 11.3 Å². The molecule has 104 valence electrons. The van der Waals surface area contributed by atoms with Crippen molar-refractivity contribution in [2.24, 2.45) is 5.73 Å². The van der Waals surface area contributed by atoms with E-state index >= 15 is 0 Å². The lowest BCUT2D eigenvalue weighted by Crippen LogP contribution is -2.13. The number of anilines is 1. The molecule has 1 amide bonds. The predicted octanol–water partition coefficient (Wildman–Crippen LogP) is 3.28. The molecule has 0 aliphatic carbocycles. The van der Waals surface area contributed by atoms with Crippen molar-refractivity contribution in [3.05, 3.63) is 53.6 Å². The van der Waals surface area contributed by atoms with Crippen LogP contribution in [-0.2, 0) is 0 Å². The molecule has 4 N–H and O–H groups in total. The van der Waals surface area contributed by atoms with Crippen molar-refractivity contribution in [1.82, 2.24) is 0 Å². The molecule has 2 aromatic carbocycles. The molecule has 0 atom stereocenters. The van der Waals surface area contributed by atoms with Gasteiger partial charge in [0.1, 0.15) is 5.75 Å². The highest BCUT2D eigenvalue weighted by Crippen LogP contribution is 2.30.